The lowest BCUT2D eigenvalue weighted by molar-refractivity contribution is 0.281. The molecule has 0 bridgehead atoms. The van der Waals surface area contributed by atoms with E-state index in [0.717, 1.165) is 0 Å². The maximum atomic E-state index is 11.0. The molecule has 0 aliphatic carbocycles. The molecule has 5 nitrogen and oxygen atoms in total. The molecule has 5 heteroatoms. The fourth-order valence-corrected chi connectivity index (χ4v) is 1.03. The Labute approximate surface area is 82.2 Å². The summed E-state index contributed by atoms with van der Waals surface area (Å²) < 4.78 is 0. The molecule has 0 atom stereocenters. The number of aromatic nitrogens is 2. The van der Waals surface area contributed by atoms with Crippen molar-refractivity contribution >= 4 is 5.82 Å². The topological polar surface area (TPSA) is 78.0 Å². The molecule has 14 heavy (non-hydrogen) atoms. The van der Waals surface area contributed by atoms with Gasteiger partial charge in [0.25, 0.3) is 0 Å². The summed E-state index contributed by atoms with van der Waals surface area (Å²) in [5.41, 5.74) is -0.0118. The van der Waals surface area contributed by atoms with Gasteiger partial charge in [-0.2, -0.15) is 0 Å². The number of nitrogens with one attached hydrogen (secondary N) is 2. The van der Waals surface area contributed by atoms with Crippen molar-refractivity contribution in [2.45, 2.75) is 32.9 Å². The Morgan fingerprint density at radius 3 is 2.71 bits per heavy atom. The number of aromatic amines is 1. The van der Waals surface area contributed by atoms with Crippen molar-refractivity contribution in [2.24, 2.45) is 0 Å². The molecule has 1 heterocycles. The molecule has 0 unspecified atom stereocenters. The molecule has 1 aromatic heterocycles. The van der Waals surface area contributed by atoms with Crippen LogP contribution < -0.4 is 11.0 Å². The van der Waals surface area contributed by atoms with Gasteiger partial charge in [0.05, 0.1) is 6.61 Å². The lowest BCUT2D eigenvalue weighted by Gasteiger charge is -2.22. The van der Waals surface area contributed by atoms with Crippen molar-refractivity contribution in [3.05, 3.63) is 22.2 Å². The van der Waals surface area contributed by atoms with Crippen LogP contribution in [0.25, 0.3) is 0 Å². The third-order valence-corrected chi connectivity index (χ3v) is 1.56. The summed E-state index contributed by atoms with van der Waals surface area (Å²) in [5.74, 6) is 0.528. The van der Waals surface area contributed by atoms with Crippen LogP contribution in [-0.4, -0.2) is 20.6 Å². The van der Waals surface area contributed by atoms with Crippen LogP contribution in [0.1, 0.15) is 26.3 Å². The number of hydrogen-bond donors (Lipinski definition) is 3. The second kappa shape index (κ2) is 3.79. The van der Waals surface area contributed by atoms with Crippen LogP contribution >= 0.6 is 0 Å². The highest BCUT2D eigenvalue weighted by molar-refractivity contribution is 5.43. The molecular formula is C9H15N3O2. The predicted molar refractivity (Wildman–Crippen MR) is 54.2 cm³/mol. The van der Waals surface area contributed by atoms with E-state index in [2.05, 4.69) is 15.3 Å². The highest BCUT2D eigenvalue weighted by Crippen LogP contribution is 2.14. The number of aliphatic hydroxyl groups excluding tert-OH is 1. The standard InChI is InChI=1S/C9H15N3O2/c1-9(2,3)12-7-6(5-13)4-10-8(14)11-7/h4,13H,5H2,1-3H3,(H2,10,11,12,14). The quantitative estimate of drug-likeness (QED) is 0.644. The van der Waals surface area contributed by atoms with Gasteiger partial charge in [0.15, 0.2) is 0 Å². The van der Waals surface area contributed by atoms with Crippen LogP contribution in [0.5, 0.6) is 0 Å². The molecule has 0 aliphatic heterocycles. The van der Waals surface area contributed by atoms with Gasteiger partial charge in [-0.15, -0.1) is 0 Å². The summed E-state index contributed by atoms with van der Waals surface area (Å²) in [5, 5.41) is 12.1. The molecular weight excluding hydrogens is 182 g/mol. The summed E-state index contributed by atoms with van der Waals surface area (Å²) in [6.07, 6.45) is 1.37. The average Bonchev–Trinajstić information content (AvgIpc) is 2.01. The molecule has 0 saturated heterocycles. The first-order valence-corrected chi connectivity index (χ1v) is 4.39. The summed E-state index contributed by atoms with van der Waals surface area (Å²) in [4.78, 5) is 17.0. The van der Waals surface area contributed by atoms with Gasteiger partial charge < -0.3 is 10.4 Å². The zero-order valence-corrected chi connectivity index (χ0v) is 8.59. The number of anilines is 1. The van der Waals surface area contributed by atoms with Crippen molar-refractivity contribution in [1.29, 1.82) is 0 Å². The second-order valence-corrected chi connectivity index (χ2v) is 4.12. The minimum Gasteiger partial charge on any atom is -0.391 e. The predicted octanol–water partition coefficient (Wildman–Crippen LogP) is 0.473. The molecule has 0 radical (unpaired) electrons. The van der Waals surface area contributed by atoms with E-state index in [1.54, 1.807) is 0 Å². The highest BCUT2D eigenvalue weighted by Gasteiger charge is 2.12. The van der Waals surface area contributed by atoms with E-state index in [0.29, 0.717) is 11.4 Å². The second-order valence-electron chi connectivity index (χ2n) is 4.12. The van der Waals surface area contributed by atoms with E-state index >= 15 is 0 Å². The molecule has 1 aromatic rings. The normalized spacial score (nSPS) is 11.4. The highest BCUT2D eigenvalue weighted by atomic mass is 16.3. The monoisotopic (exact) mass is 197 g/mol. The zero-order chi connectivity index (χ0) is 10.8. The zero-order valence-electron chi connectivity index (χ0n) is 8.59. The molecule has 0 spiro atoms. The Hall–Kier alpha value is -1.36. The molecule has 0 aromatic carbocycles. The van der Waals surface area contributed by atoms with Gasteiger partial charge in [0.1, 0.15) is 5.82 Å². The first-order valence-electron chi connectivity index (χ1n) is 4.39. The molecule has 3 N–H and O–H groups in total. The number of aliphatic hydroxyl groups is 1. The van der Waals surface area contributed by atoms with Crippen LogP contribution in [0.4, 0.5) is 5.82 Å². The van der Waals surface area contributed by atoms with Crippen molar-refractivity contribution < 1.29 is 5.11 Å². The minimum atomic E-state index is -0.422. The first-order chi connectivity index (χ1) is 6.42. The summed E-state index contributed by atoms with van der Waals surface area (Å²) >= 11 is 0. The summed E-state index contributed by atoms with van der Waals surface area (Å²) in [6.45, 7) is 5.74. The maximum Gasteiger partial charge on any atom is 0.346 e. The van der Waals surface area contributed by atoms with Crippen LogP contribution in [0, 0.1) is 0 Å². The molecule has 0 fully saturated rings. The van der Waals surface area contributed by atoms with Crippen molar-refractivity contribution in [3.8, 4) is 0 Å². The van der Waals surface area contributed by atoms with Crippen LogP contribution in [0.15, 0.2) is 11.0 Å². The van der Waals surface area contributed by atoms with Crippen LogP contribution in [0.3, 0.4) is 0 Å². The smallest absolute Gasteiger partial charge is 0.346 e. The van der Waals surface area contributed by atoms with E-state index in [1.807, 2.05) is 20.8 Å². The molecule has 0 amide bonds. The number of hydrogen-bond acceptors (Lipinski definition) is 4. The van der Waals surface area contributed by atoms with E-state index in [9.17, 15) is 4.79 Å². The minimum absolute atomic E-state index is 0.151. The number of nitrogens with zero attached hydrogens (tertiary/aromatic N) is 1. The Balaban J connectivity index is 3.05. The van der Waals surface area contributed by atoms with E-state index < -0.39 is 5.69 Å². The van der Waals surface area contributed by atoms with Crippen LogP contribution in [0.2, 0.25) is 0 Å². The molecule has 0 aliphatic rings. The molecule has 0 saturated carbocycles. The van der Waals surface area contributed by atoms with E-state index in [-0.39, 0.29) is 12.1 Å². The summed E-state index contributed by atoms with van der Waals surface area (Å²) in [6, 6.07) is 0. The molecule has 1 rings (SSSR count). The third-order valence-electron chi connectivity index (χ3n) is 1.56. The van der Waals surface area contributed by atoms with E-state index in [4.69, 9.17) is 5.11 Å². The average molecular weight is 197 g/mol. The van der Waals surface area contributed by atoms with Crippen molar-refractivity contribution in [2.75, 3.05) is 5.32 Å². The van der Waals surface area contributed by atoms with Gasteiger partial charge in [-0.05, 0) is 20.8 Å². The van der Waals surface area contributed by atoms with Gasteiger partial charge in [-0.3, -0.25) is 4.98 Å². The third kappa shape index (κ3) is 2.85. The number of rotatable bonds is 2. The Morgan fingerprint density at radius 2 is 2.21 bits per heavy atom. The number of H-pyrrole nitrogens is 1. The lowest BCUT2D eigenvalue weighted by atomic mass is 10.1. The van der Waals surface area contributed by atoms with Gasteiger partial charge in [-0.1, -0.05) is 0 Å². The largest absolute Gasteiger partial charge is 0.391 e. The maximum absolute atomic E-state index is 11.0. The SMILES string of the molecule is CC(C)(C)Nc1[nH]c(=O)ncc1CO. The Morgan fingerprint density at radius 1 is 1.57 bits per heavy atom. The van der Waals surface area contributed by atoms with Crippen molar-refractivity contribution in [1.82, 2.24) is 9.97 Å². The Kier molecular flexibility index (Phi) is 2.90. The van der Waals surface area contributed by atoms with Gasteiger partial charge >= 0.3 is 5.69 Å². The van der Waals surface area contributed by atoms with Gasteiger partial charge in [-0.25, -0.2) is 9.78 Å². The van der Waals surface area contributed by atoms with Crippen LogP contribution in [-0.2, 0) is 6.61 Å². The van der Waals surface area contributed by atoms with E-state index in [1.165, 1.54) is 6.20 Å². The van der Waals surface area contributed by atoms with Gasteiger partial charge in [0, 0.05) is 17.3 Å². The first kappa shape index (κ1) is 10.7. The summed E-state index contributed by atoms with van der Waals surface area (Å²) in [7, 11) is 0. The fourth-order valence-electron chi connectivity index (χ4n) is 1.03. The van der Waals surface area contributed by atoms with Gasteiger partial charge in [0.2, 0.25) is 0 Å². The van der Waals surface area contributed by atoms with Crippen molar-refractivity contribution in [3.63, 3.8) is 0 Å². The lowest BCUT2D eigenvalue weighted by Crippen LogP contribution is -2.29. The molecule has 78 valence electrons. The Bertz CT molecular complexity index is 365. The fraction of sp³-hybridized carbons (Fsp3) is 0.556.